The number of hydrogen-bond acceptors (Lipinski definition) is 2. The highest BCUT2D eigenvalue weighted by Gasteiger charge is 2.04. The lowest BCUT2D eigenvalue weighted by atomic mass is 10.3. The number of rotatable bonds is 2. The van der Waals surface area contributed by atoms with Gasteiger partial charge in [-0.05, 0) is 22.6 Å². The summed E-state index contributed by atoms with van der Waals surface area (Å²) in [6.45, 7) is 3.69. The van der Waals surface area contributed by atoms with Crippen molar-refractivity contribution >= 4 is 28.4 Å². The van der Waals surface area contributed by atoms with E-state index in [9.17, 15) is 0 Å². The Morgan fingerprint density at radius 1 is 1.90 bits per heavy atom. The van der Waals surface area contributed by atoms with Crippen molar-refractivity contribution in [1.29, 1.82) is 0 Å². The largest absolute Gasteiger partial charge is 0.497 e. The molecular weight excluding hydrogens is 243 g/mol. The van der Waals surface area contributed by atoms with E-state index in [0.29, 0.717) is 5.76 Å². The molecule has 0 aromatic carbocycles. The highest BCUT2D eigenvalue weighted by molar-refractivity contribution is 14.1. The molecule has 0 unspecified atom stereocenters. The maximum atomic E-state index is 4.92. The number of aromatic amines is 1. The Labute approximate surface area is 72.6 Å². The lowest BCUT2D eigenvalue weighted by Gasteiger charge is -1.99. The van der Waals surface area contributed by atoms with Crippen LogP contribution < -0.4 is 0 Å². The van der Waals surface area contributed by atoms with Crippen molar-refractivity contribution < 1.29 is 4.74 Å². The summed E-state index contributed by atoms with van der Waals surface area (Å²) in [6, 6.07) is 0. The molecule has 1 heterocycles. The molecule has 0 spiro atoms. The van der Waals surface area contributed by atoms with Crippen LogP contribution in [0.3, 0.4) is 0 Å². The fourth-order valence-corrected chi connectivity index (χ4v) is 1.15. The van der Waals surface area contributed by atoms with Crippen LogP contribution in [0.15, 0.2) is 12.8 Å². The number of nitrogens with zero attached hydrogens (tertiary/aromatic N) is 1. The Morgan fingerprint density at radius 2 is 2.60 bits per heavy atom. The zero-order valence-electron chi connectivity index (χ0n) is 5.52. The Balaban J connectivity index is 2.93. The number of aromatic nitrogens is 2. The van der Waals surface area contributed by atoms with Gasteiger partial charge in [0.1, 0.15) is 9.46 Å². The monoisotopic (exact) mass is 250 g/mol. The summed E-state index contributed by atoms with van der Waals surface area (Å²) >= 11 is 2.14. The average Bonchev–Trinajstić information content (AvgIpc) is 2.34. The summed E-state index contributed by atoms with van der Waals surface area (Å²) in [5.74, 6) is 0.637. The highest BCUT2D eigenvalue weighted by atomic mass is 127. The first kappa shape index (κ1) is 7.59. The molecule has 1 aromatic rings. The number of ether oxygens (including phenoxy) is 1. The molecule has 54 valence electrons. The van der Waals surface area contributed by atoms with Gasteiger partial charge in [0.15, 0.2) is 0 Å². The Hall–Kier alpha value is -0.520. The Morgan fingerprint density at radius 3 is 3.00 bits per heavy atom. The molecule has 0 aliphatic heterocycles. The van der Waals surface area contributed by atoms with E-state index in [-0.39, 0.29) is 0 Å². The molecule has 10 heavy (non-hydrogen) atoms. The van der Waals surface area contributed by atoms with E-state index in [1.54, 1.807) is 13.3 Å². The van der Waals surface area contributed by atoms with Crippen LogP contribution in [0.25, 0.3) is 5.76 Å². The van der Waals surface area contributed by atoms with Crippen molar-refractivity contribution in [1.82, 2.24) is 10.2 Å². The van der Waals surface area contributed by atoms with Gasteiger partial charge in [0.05, 0.1) is 18.9 Å². The highest BCUT2D eigenvalue weighted by Crippen LogP contribution is 2.16. The zero-order chi connectivity index (χ0) is 7.56. The predicted molar refractivity (Wildman–Crippen MR) is 47.3 cm³/mol. The fourth-order valence-electron chi connectivity index (χ4n) is 0.575. The topological polar surface area (TPSA) is 37.9 Å². The third kappa shape index (κ3) is 1.31. The molecule has 3 nitrogen and oxygen atoms in total. The van der Waals surface area contributed by atoms with Crippen LogP contribution in [0.4, 0.5) is 0 Å². The summed E-state index contributed by atoms with van der Waals surface area (Å²) in [5, 5.41) is 6.60. The molecule has 1 aromatic heterocycles. The van der Waals surface area contributed by atoms with Gasteiger partial charge in [-0.25, -0.2) is 0 Å². The normalized spacial score (nSPS) is 9.40. The SMILES string of the molecule is C=C(OC)c1cn[nH]c1I. The fraction of sp³-hybridized carbons (Fsp3) is 0.167. The van der Waals surface area contributed by atoms with E-state index in [4.69, 9.17) is 4.74 Å². The van der Waals surface area contributed by atoms with Crippen molar-refractivity contribution in [3.63, 3.8) is 0 Å². The van der Waals surface area contributed by atoms with E-state index in [1.165, 1.54) is 0 Å². The Bertz CT molecular complexity index is 244. The maximum Gasteiger partial charge on any atom is 0.123 e. The summed E-state index contributed by atoms with van der Waals surface area (Å²) in [4.78, 5) is 0. The molecule has 0 bridgehead atoms. The molecule has 1 N–H and O–H groups in total. The lowest BCUT2D eigenvalue weighted by molar-refractivity contribution is 0.371. The minimum absolute atomic E-state index is 0.637. The van der Waals surface area contributed by atoms with E-state index < -0.39 is 0 Å². The summed E-state index contributed by atoms with van der Waals surface area (Å²) in [7, 11) is 1.59. The molecule has 0 amide bonds. The molecule has 0 saturated carbocycles. The van der Waals surface area contributed by atoms with E-state index >= 15 is 0 Å². The maximum absolute atomic E-state index is 4.92. The van der Waals surface area contributed by atoms with Gasteiger partial charge in [0.25, 0.3) is 0 Å². The van der Waals surface area contributed by atoms with Gasteiger partial charge in [0.2, 0.25) is 0 Å². The van der Waals surface area contributed by atoms with Gasteiger partial charge in [0, 0.05) is 0 Å². The zero-order valence-corrected chi connectivity index (χ0v) is 7.68. The van der Waals surface area contributed by atoms with Gasteiger partial charge in [-0.1, -0.05) is 6.58 Å². The third-order valence-electron chi connectivity index (χ3n) is 1.14. The van der Waals surface area contributed by atoms with Gasteiger partial charge >= 0.3 is 0 Å². The van der Waals surface area contributed by atoms with Crippen LogP contribution in [-0.2, 0) is 4.74 Å². The second-order valence-electron chi connectivity index (χ2n) is 1.72. The number of halogens is 1. The molecule has 0 aliphatic rings. The van der Waals surface area contributed by atoms with E-state index in [0.717, 1.165) is 9.26 Å². The van der Waals surface area contributed by atoms with Crippen LogP contribution >= 0.6 is 22.6 Å². The molecule has 0 aliphatic carbocycles. The van der Waals surface area contributed by atoms with E-state index in [1.807, 2.05) is 0 Å². The van der Waals surface area contributed by atoms with Crippen LogP contribution in [0.1, 0.15) is 5.56 Å². The van der Waals surface area contributed by atoms with Crippen LogP contribution in [0.2, 0.25) is 0 Å². The second-order valence-corrected chi connectivity index (χ2v) is 2.80. The molecular formula is C6H7IN2O. The second kappa shape index (κ2) is 3.05. The molecule has 1 rings (SSSR count). The Kier molecular flexibility index (Phi) is 2.31. The van der Waals surface area contributed by atoms with Crippen molar-refractivity contribution in [2.75, 3.05) is 7.11 Å². The number of hydrogen-bond donors (Lipinski definition) is 1. The summed E-state index contributed by atoms with van der Waals surface area (Å²) in [5.41, 5.74) is 0.920. The molecule has 0 atom stereocenters. The van der Waals surface area contributed by atoms with Gasteiger partial charge in [-0.2, -0.15) is 5.10 Å². The number of methoxy groups -OCH3 is 1. The first-order valence-electron chi connectivity index (χ1n) is 2.68. The van der Waals surface area contributed by atoms with Crippen LogP contribution in [-0.4, -0.2) is 17.3 Å². The van der Waals surface area contributed by atoms with E-state index in [2.05, 4.69) is 39.4 Å². The van der Waals surface area contributed by atoms with Crippen molar-refractivity contribution in [3.8, 4) is 0 Å². The number of H-pyrrole nitrogens is 1. The summed E-state index contributed by atoms with van der Waals surface area (Å²) < 4.78 is 5.86. The standard InChI is InChI=1S/C6H7IN2O/c1-4(10-2)5-3-8-9-6(5)7/h3H,1H2,2H3,(H,8,9). The molecule has 0 radical (unpaired) electrons. The number of nitrogens with one attached hydrogen (secondary N) is 1. The van der Waals surface area contributed by atoms with Gasteiger partial charge in [-0.15, -0.1) is 0 Å². The van der Waals surface area contributed by atoms with Crippen molar-refractivity contribution in [2.24, 2.45) is 0 Å². The minimum Gasteiger partial charge on any atom is -0.497 e. The third-order valence-corrected chi connectivity index (χ3v) is 1.96. The quantitative estimate of drug-likeness (QED) is 0.639. The van der Waals surface area contributed by atoms with Crippen LogP contribution in [0, 0.1) is 3.70 Å². The van der Waals surface area contributed by atoms with Crippen molar-refractivity contribution in [3.05, 3.63) is 22.0 Å². The first-order valence-corrected chi connectivity index (χ1v) is 3.75. The lowest BCUT2D eigenvalue weighted by Crippen LogP contribution is -1.84. The minimum atomic E-state index is 0.637. The first-order chi connectivity index (χ1) is 4.75. The average molecular weight is 250 g/mol. The summed E-state index contributed by atoms with van der Waals surface area (Å²) in [6.07, 6.45) is 1.69. The van der Waals surface area contributed by atoms with Crippen molar-refractivity contribution in [2.45, 2.75) is 0 Å². The van der Waals surface area contributed by atoms with Gasteiger partial charge in [-0.3, -0.25) is 5.10 Å². The smallest absolute Gasteiger partial charge is 0.123 e. The van der Waals surface area contributed by atoms with Crippen LogP contribution in [0.5, 0.6) is 0 Å². The van der Waals surface area contributed by atoms with Gasteiger partial charge < -0.3 is 4.74 Å². The predicted octanol–water partition coefficient (Wildman–Crippen LogP) is 1.63. The molecule has 4 heteroatoms. The molecule has 0 fully saturated rings. The molecule has 0 saturated heterocycles.